The predicted molar refractivity (Wildman–Crippen MR) is 145 cm³/mol. The molecule has 0 aromatic heterocycles. The maximum absolute atomic E-state index is 13.3. The maximum atomic E-state index is 13.3. The zero-order valence-corrected chi connectivity index (χ0v) is 24.1. The number of ether oxygens (including phenoxy) is 2. The van der Waals surface area contributed by atoms with Crippen molar-refractivity contribution in [1.29, 1.82) is 0 Å². The van der Waals surface area contributed by atoms with Crippen LogP contribution in [0.1, 0.15) is 86.5 Å². The number of hydrogen-bond acceptors (Lipinski definition) is 5. The Bertz CT molecular complexity index is 1250. The van der Waals surface area contributed by atoms with Crippen molar-refractivity contribution in [3.05, 3.63) is 46.3 Å². The van der Waals surface area contributed by atoms with Crippen molar-refractivity contribution in [3.63, 3.8) is 0 Å². The number of methoxy groups -OCH3 is 1. The minimum Gasteiger partial charge on any atom is -0.477 e. The van der Waals surface area contributed by atoms with E-state index in [0.29, 0.717) is 5.92 Å². The number of carbonyl (C=O) groups excluding carboxylic acids is 3. The monoisotopic (exact) mass is 521 g/mol. The van der Waals surface area contributed by atoms with Gasteiger partial charge in [0.1, 0.15) is 0 Å². The van der Waals surface area contributed by atoms with Crippen LogP contribution >= 0.6 is 0 Å². The zero-order chi connectivity index (χ0) is 27.9. The Morgan fingerprint density at radius 1 is 1.00 bits per heavy atom. The second kappa shape index (κ2) is 8.43. The first-order valence-corrected chi connectivity index (χ1v) is 14.1. The third-order valence-electron chi connectivity index (χ3n) is 12.0. The molecule has 0 spiro atoms. The molecular weight excluding hydrogens is 478 g/mol. The quantitative estimate of drug-likeness (QED) is 0.477. The summed E-state index contributed by atoms with van der Waals surface area (Å²) in [6.45, 7) is 13.3. The van der Waals surface area contributed by atoms with Crippen molar-refractivity contribution in [1.82, 2.24) is 0 Å². The number of ketones is 1. The first-order chi connectivity index (χ1) is 17.7. The van der Waals surface area contributed by atoms with Gasteiger partial charge < -0.3 is 15.2 Å². The molecular formula is C32H43NO5. The molecule has 0 heterocycles. The summed E-state index contributed by atoms with van der Waals surface area (Å²) in [5.41, 5.74) is 9.65. The van der Waals surface area contributed by atoms with Crippen LogP contribution in [0, 0.1) is 33.0 Å². The Hall–Kier alpha value is -2.63. The zero-order valence-electron chi connectivity index (χ0n) is 24.1. The van der Waals surface area contributed by atoms with Gasteiger partial charge >= 0.3 is 5.97 Å². The maximum Gasteiger partial charge on any atom is 0.343 e. The van der Waals surface area contributed by atoms with E-state index in [1.165, 1.54) is 12.7 Å². The van der Waals surface area contributed by atoms with Gasteiger partial charge in [-0.3, -0.25) is 9.59 Å². The van der Waals surface area contributed by atoms with Crippen molar-refractivity contribution in [2.75, 3.05) is 13.7 Å². The SMILES string of the molecule is COC(=O)COC1=C(C)C2=CC=C3[C@@](C)(CC[C@@]4(C)C5C[C@](C)(C(N)=O)CC[C@]5(C)CC[C@]34C)C2=CC1=O. The Labute approximate surface area is 226 Å². The fourth-order valence-electron chi connectivity index (χ4n) is 9.04. The molecule has 206 valence electrons. The molecule has 5 aliphatic carbocycles. The van der Waals surface area contributed by atoms with E-state index in [-0.39, 0.29) is 45.7 Å². The van der Waals surface area contributed by atoms with Crippen LogP contribution < -0.4 is 5.73 Å². The molecule has 0 saturated heterocycles. The van der Waals surface area contributed by atoms with E-state index in [0.717, 1.165) is 61.7 Å². The lowest BCUT2D eigenvalue weighted by Crippen LogP contribution is -2.62. The topological polar surface area (TPSA) is 95.7 Å². The number of hydrogen-bond donors (Lipinski definition) is 1. The smallest absolute Gasteiger partial charge is 0.343 e. The molecule has 0 radical (unpaired) electrons. The van der Waals surface area contributed by atoms with Crippen LogP contribution in [0.25, 0.3) is 0 Å². The highest BCUT2D eigenvalue weighted by atomic mass is 16.6. The van der Waals surface area contributed by atoms with Crippen molar-refractivity contribution in [3.8, 4) is 0 Å². The van der Waals surface area contributed by atoms with Crippen LogP contribution in [0.2, 0.25) is 0 Å². The number of amides is 1. The number of nitrogens with two attached hydrogens (primary N) is 1. The number of rotatable bonds is 4. The van der Waals surface area contributed by atoms with E-state index in [4.69, 9.17) is 10.5 Å². The average Bonchev–Trinajstić information content (AvgIpc) is 2.86. The normalized spacial score (nSPS) is 41.9. The molecule has 2 N–H and O–H groups in total. The summed E-state index contributed by atoms with van der Waals surface area (Å²) in [6.07, 6.45) is 13.1. The molecule has 0 bridgehead atoms. The summed E-state index contributed by atoms with van der Waals surface area (Å²) in [7, 11) is 1.30. The second-order valence-electron chi connectivity index (χ2n) is 13.8. The first kappa shape index (κ1) is 27.0. The minimum absolute atomic E-state index is 0.0206. The Balaban J connectivity index is 1.57. The van der Waals surface area contributed by atoms with Gasteiger partial charge in [-0.05, 0) is 91.3 Å². The number of esters is 1. The number of fused-ring (bicyclic) bond motifs is 7. The molecule has 0 aromatic rings. The molecule has 38 heavy (non-hydrogen) atoms. The fourth-order valence-corrected chi connectivity index (χ4v) is 9.04. The van der Waals surface area contributed by atoms with Crippen molar-refractivity contribution in [2.24, 2.45) is 38.7 Å². The van der Waals surface area contributed by atoms with Crippen LogP contribution in [-0.2, 0) is 23.9 Å². The largest absolute Gasteiger partial charge is 0.477 e. The summed E-state index contributed by atoms with van der Waals surface area (Å²) < 4.78 is 10.3. The van der Waals surface area contributed by atoms with Crippen LogP contribution in [0.15, 0.2) is 46.3 Å². The molecule has 0 aromatic carbocycles. The number of carbonyl (C=O) groups is 3. The molecule has 1 amide bonds. The average molecular weight is 522 g/mol. The van der Waals surface area contributed by atoms with Crippen molar-refractivity contribution in [2.45, 2.75) is 86.5 Å². The molecule has 5 aliphatic rings. The van der Waals surface area contributed by atoms with E-state index < -0.39 is 11.4 Å². The van der Waals surface area contributed by atoms with Gasteiger partial charge in [0, 0.05) is 16.4 Å². The Morgan fingerprint density at radius 2 is 1.68 bits per heavy atom. The third kappa shape index (κ3) is 3.47. The fraction of sp³-hybridized carbons (Fsp3) is 0.656. The van der Waals surface area contributed by atoms with Gasteiger partial charge in [-0.15, -0.1) is 0 Å². The summed E-state index contributed by atoms with van der Waals surface area (Å²) in [6, 6.07) is 0. The lowest BCUT2D eigenvalue weighted by Gasteiger charge is -2.70. The molecule has 5 rings (SSSR count). The molecule has 6 atom stereocenters. The van der Waals surface area contributed by atoms with Gasteiger partial charge in [-0.1, -0.05) is 52.3 Å². The Morgan fingerprint density at radius 3 is 2.34 bits per heavy atom. The molecule has 6 nitrogen and oxygen atoms in total. The van der Waals surface area contributed by atoms with Gasteiger partial charge in [0.05, 0.1) is 7.11 Å². The lowest BCUT2D eigenvalue weighted by atomic mass is 9.34. The minimum atomic E-state index is -0.515. The standard InChI is InChI=1S/C32H43NO5/c1-19-20-8-9-23-30(4,21(20)16-22(34)26(19)38-18-25(35)37-7)13-15-32(6)24-17-29(3,27(33)36)11-10-28(24,2)12-14-31(23,32)5/h8-9,16,24H,10-15,17-18H2,1-7H3,(H2,33,36)/t24?,28-,29-,30+,31-,32+/m1/s1. The van der Waals surface area contributed by atoms with Crippen LogP contribution in [0.3, 0.4) is 0 Å². The van der Waals surface area contributed by atoms with E-state index in [9.17, 15) is 14.4 Å². The van der Waals surface area contributed by atoms with Gasteiger partial charge in [0.15, 0.2) is 12.4 Å². The molecule has 6 heteroatoms. The van der Waals surface area contributed by atoms with Gasteiger partial charge in [0.2, 0.25) is 11.7 Å². The number of allylic oxidation sites excluding steroid dienone is 7. The summed E-state index contributed by atoms with van der Waals surface area (Å²) in [4.78, 5) is 37.5. The van der Waals surface area contributed by atoms with Gasteiger partial charge in [-0.2, -0.15) is 0 Å². The molecule has 3 fully saturated rings. The first-order valence-electron chi connectivity index (χ1n) is 14.1. The highest BCUT2D eigenvalue weighted by molar-refractivity contribution is 6.07. The van der Waals surface area contributed by atoms with Crippen molar-refractivity contribution < 1.29 is 23.9 Å². The summed E-state index contributed by atoms with van der Waals surface area (Å²) >= 11 is 0. The van der Waals surface area contributed by atoms with Crippen LogP contribution in [-0.4, -0.2) is 31.4 Å². The molecule has 3 saturated carbocycles. The molecule has 0 aliphatic heterocycles. The Kier molecular flexibility index (Phi) is 5.98. The van der Waals surface area contributed by atoms with E-state index >= 15 is 0 Å². The molecule has 1 unspecified atom stereocenters. The second-order valence-corrected chi connectivity index (χ2v) is 13.8. The van der Waals surface area contributed by atoms with E-state index in [2.05, 4.69) is 51.5 Å². The van der Waals surface area contributed by atoms with Crippen LogP contribution in [0.4, 0.5) is 0 Å². The van der Waals surface area contributed by atoms with E-state index in [1.54, 1.807) is 6.08 Å². The van der Waals surface area contributed by atoms with Crippen molar-refractivity contribution >= 4 is 17.7 Å². The van der Waals surface area contributed by atoms with Gasteiger partial charge in [-0.25, -0.2) is 4.79 Å². The number of primary amides is 1. The van der Waals surface area contributed by atoms with Gasteiger partial charge in [0.25, 0.3) is 0 Å². The van der Waals surface area contributed by atoms with E-state index in [1.807, 2.05) is 6.92 Å². The third-order valence-corrected chi connectivity index (χ3v) is 12.0. The highest BCUT2D eigenvalue weighted by Crippen LogP contribution is 2.75. The van der Waals surface area contributed by atoms with Crippen LogP contribution in [0.5, 0.6) is 0 Å². The highest BCUT2D eigenvalue weighted by Gasteiger charge is 2.67. The lowest BCUT2D eigenvalue weighted by molar-refractivity contribution is -0.167. The predicted octanol–water partition coefficient (Wildman–Crippen LogP) is 5.73. The summed E-state index contributed by atoms with van der Waals surface area (Å²) in [5.74, 6) is -0.255. The summed E-state index contributed by atoms with van der Waals surface area (Å²) in [5, 5.41) is 0.